The number of benzene rings is 1. The molecule has 1 fully saturated rings. The highest BCUT2D eigenvalue weighted by atomic mass is 16.1. The fourth-order valence-electron chi connectivity index (χ4n) is 3.50. The molecule has 0 spiro atoms. The first-order chi connectivity index (χ1) is 9.77. The molecule has 106 valence electrons. The van der Waals surface area contributed by atoms with Gasteiger partial charge in [0.2, 0.25) is 0 Å². The number of fused-ring (bicyclic) bond motifs is 1. The Morgan fingerprint density at radius 2 is 1.80 bits per heavy atom. The van der Waals surface area contributed by atoms with Crippen molar-refractivity contribution >= 4 is 16.7 Å². The second-order valence-electron chi connectivity index (χ2n) is 6.11. The number of rotatable bonds is 2. The number of H-pyrrole nitrogens is 1. The van der Waals surface area contributed by atoms with E-state index in [4.69, 9.17) is 0 Å². The topological polar surface area (TPSA) is 32.9 Å². The Kier molecular flexibility index (Phi) is 3.90. The highest BCUT2D eigenvalue weighted by Gasteiger charge is 2.23. The quantitative estimate of drug-likeness (QED) is 0.763. The molecule has 1 aliphatic rings. The largest absolute Gasteiger partial charge is 0.360 e. The number of ketones is 1. The van der Waals surface area contributed by atoms with Gasteiger partial charge in [0.25, 0.3) is 0 Å². The van der Waals surface area contributed by atoms with Gasteiger partial charge < -0.3 is 4.98 Å². The summed E-state index contributed by atoms with van der Waals surface area (Å²) in [5.41, 5.74) is 3.18. The summed E-state index contributed by atoms with van der Waals surface area (Å²) in [6, 6.07) is 6.18. The third-order valence-corrected chi connectivity index (χ3v) is 4.66. The lowest BCUT2D eigenvalue weighted by atomic mass is 9.85. The third-order valence-electron chi connectivity index (χ3n) is 4.66. The standard InChI is InChI=1S/C18H23NO/c1-13-8-7-11-16-17(13)15(12-19-16)18(20)14-9-5-3-2-4-6-10-14/h7-8,11-12,14,19H,2-6,9-10H2,1H3. The van der Waals surface area contributed by atoms with E-state index in [1.807, 2.05) is 12.3 Å². The second kappa shape index (κ2) is 5.82. The SMILES string of the molecule is Cc1cccc2[nH]cc(C(=O)C3CCCCCCC3)c12. The van der Waals surface area contributed by atoms with Crippen LogP contribution < -0.4 is 0 Å². The van der Waals surface area contributed by atoms with E-state index in [1.165, 1.54) is 37.7 Å². The van der Waals surface area contributed by atoms with Crippen molar-refractivity contribution in [2.45, 2.75) is 51.9 Å². The maximum absolute atomic E-state index is 12.9. The van der Waals surface area contributed by atoms with Gasteiger partial charge in [0.1, 0.15) is 0 Å². The zero-order chi connectivity index (χ0) is 13.9. The average molecular weight is 269 g/mol. The number of Topliss-reactive ketones (excluding diaryl/α,β-unsaturated/α-hetero) is 1. The monoisotopic (exact) mass is 269 g/mol. The van der Waals surface area contributed by atoms with E-state index in [2.05, 4.69) is 24.0 Å². The minimum absolute atomic E-state index is 0.230. The smallest absolute Gasteiger partial charge is 0.168 e. The summed E-state index contributed by atoms with van der Waals surface area (Å²) >= 11 is 0. The van der Waals surface area contributed by atoms with E-state index in [1.54, 1.807) is 0 Å². The van der Waals surface area contributed by atoms with E-state index in [9.17, 15) is 4.79 Å². The van der Waals surface area contributed by atoms with Crippen LogP contribution in [0, 0.1) is 12.8 Å². The number of aromatic amines is 1. The number of nitrogens with one attached hydrogen (secondary N) is 1. The van der Waals surface area contributed by atoms with Crippen LogP contribution in [0.15, 0.2) is 24.4 Å². The summed E-state index contributed by atoms with van der Waals surface area (Å²) in [6.45, 7) is 2.09. The average Bonchev–Trinajstić information content (AvgIpc) is 2.83. The first kappa shape index (κ1) is 13.4. The molecular weight excluding hydrogens is 246 g/mol. The molecule has 0 amide bonds. The fraction of sp³-hybridized carbons (Fsp3) is 0.500. The Morgan fingerprint density at radius 1 is 1.10 bits per heavy atom. The lowest BCUT2D eigenvalue weighted by Crippen LogP contribution is -2.16. The van der Waals surface area contributed by atoms with Gasteiger partial charge in [0, 0.05) is 28.6 Å². The Morgan fingerprint density at radius 3 is 2.55 bits per heavy atom. The van der Waals surface area contributed by atoms with E-state index in [0.717, 1.165) is 29.3 Å². The molecule has 20 heavy (non-hydrogen) atoms. The van der Waals surface area contributed by atoms with Gasteiger partial charge in [-0.05, 0) is 31.4 Å². The van der Waals surface area contributed by atoms with Gasteiger partial charge >= 0.3 is 0 Å². The van der Waals surface area contributed by atoms with Crippen molar-refractivity contribution in [3.63, 3.8) is 0 Å². The van der Waals surface area contributed by atoms with Gasteiger partial charge in [-0.15, -0.1) is 0 Å². The predicted octanol–water partition coefficient (Wildman–Crippen LogP) is 5.02. The zero-order valence-electron chi connectivity index (χ0n) is 12.2. The number of aromatic nitrogens is 1. The summed E-state index contributed by atoms with van der Waals surface area (Å²) in [5.74, 6) is 0.585. The van der Waals surface area contributed by atoms with Crippen LogP contribution in [-0.2, 0) is 0 Å². The molecule has 0 saturated heterocycles. The van der Waals surface area contributed by atoms with Gasteiger partial charge in [0.05, 0.1) is 0 Å². The molecule has 0 radical (unpaired) electrons. The molecule has 1 aromatic carbocycles. The van der Waals surface area contributed by atoms with Crippen LogP contribution in [0.25, 0.3) is 10.9 Å². The number of hydrogen-bond acceptors (Lipinski definition) is 1. The van der Waals surface area contributed by atoms with Crippen molar-refractivity contribution in [2.75, 3.05) is 0 Å². The van der Waals surface area contributed by atoms with Crippen LogP contribution in [0.3, 0.4) is 0 Å². The van der Waals surface area contributed by atoms with Crippen molar-refractivity contribution in [3.05, 3.63) is 35.5 Å². The van der Waals surface area contributed by atoms with Crippen molar-refractivity contribution < 1.29 is 4.79 Å². The van der Waals surface area contributed by atoms with Crippen LogP contribution >= 0.6 is 0 Å². The molecule has 0 unspecified atom stereocenters. The van der Waals surface area contributed by atoms with Gasteiger partial charge in [-0.1, -0.05) is 44.2 Å². The zero-order valence-corrected chi connectivity index (χ0v) is 12.2. The van der Waals surface area contributed by atoms with E-state index in [-0.39, 0.29) is 5.92 Å². The van der Waals surface area contributed by atoms with Gasteiger partial charge in [-0.3, -0.25) is 4.79 Å². The third kappa shape index (κ3) is 2.52. The van der Waals surface area contributed by atoms with Crippen LogP contribution in [0.1, 0.15) is 60.9 Å². The molecule has 1 heterocycles. The van der Waals surface area contributed by atoms with E-state index in [0.29, 0.717) is 5.78 Å². The Bertz CT molecular complexity index is 603. The summed E-state index contributed by atoms with van der Waals surface area (Å²) in [6.07, 6.45) is 10.4. The minimum Gasteiger partial charge on any atom is -0.360 e. The normalized spacial score (nSPS) is 17.9. The molecular formula is C18H23NO. The molecule has 1 aliphatic carbocycles. The summed E-state index contributed by atoms with van der Waals surface area (Å²) < 4.78 is 0. The minimum atomic E-state index is 0.230. The molecule has 1 saturated carbocycles. The van der Waals surface area contributed by atoms with Crippen molar-refractivity contribution in [2.24, 2.45) is 5.92 Å². The molecule has 0 aliphatic heterocycles. The summed E-state index contributed by atoms with van der Waals surface area (Å²) in [7, 11) is 0. The molecule has 0 atom stereocenters. The second-order valence-corrected chi connectivity index (χ2v) is 6.11. The van der Waals surface area contributed by atoms with E-state index < -0.39 is 0 Å². The highest BCUT2D eigenvalue weighted by Crippen LogP contribution is 2.29. The Labute approximate surface area is 120 Å². The number of hydrogen-bond donors (Lipinski definition) is 1. The van der Waals surface area contributed by atoms with Crippen molar-refractivity contribution in [3.8, 4) is 0 Å². The van der Waals surface area contributed by atoms with Crippen LogP contribution in [0.2, 0.25) is 0 Å². The predicted molar refractivity (Wildman–Crippen MR) is 83.2 cm³/mol. The maximum Gasteiger partial charge on any atom is 0.168 e. The lowest BCUT2D eigenvalue weighted by molar-refractivity contribution is 0.0900. The van der Waals surface area contributed by atoms with Gasteiger partial charge in [-0.2, -0.15) is 0 Å². The maximum atomic E-state index is 12.9. The molecule has 3 rings (SSSR count). The number of carbonyl (C=O) groups is 1. The fourth-order valence-corrected chi connectivity index (χ4v) is 3.50. The van der Waals surface area contributed by atoms with Gasteiger partial charge in [-0.25, -0.2) is 0 Å². The van der Waals surface area contributed by atoms with Crippen LogP contribution in [0.5, 0.6) is 0 Å². The van der Waals surface area contributed by atoms with Crippen molar-refractivity contribution in [1.29, 1.82) is 0 Å². The summed E-state index contributed by atoms with van der Waals surface area (Å²) in [5, 5.41) is 1.12. The molecule has 2 heteroatoms. The Balaban J connectivity index is 1.91. The molecule has 1 aromatic heterocycles. The van der Waals surface area contributed by atoms with Crippen LogP contribution in [0.4, 0.5) is 0 Å². The first-order valence-electron chi connectivity index (χ1n) is 7.88. The first-order valence-corrected chi connectivity index (χ1v) is 7.88. The van der Waals surface area contributed by atoms with Gasteiger partial charge in [0.15, 0.2) is 5.78 Å². The van der Waals surface area contributed by atoms with E-state index >= 15 is 0 Å². The lowest BCUT2D eigenvalue weighted by Gasteiger charge is -2.18. The number of carbonyl (C=O) groups excluding carboxylic acids is 1. The number of aryl methyl sites for hydroxylation is 1. The van der Waals surface area contributed by atoms with Crippen LogP contribution in [-0.4, -0.2) is 10.8 Å². The molecule has 1 N–H and O–H groups in total. The molecule has 2 nitrogen and oxygen atoms in total. The van der Waals surface area contributed by atoms with Crippen molar-refractivity contribution in [1.82, 2.24) is 4.98 Å². The molecule has 0 bridgehead atoms. The summed E-state index contributed by atoms with van der Waals surface area (Å²) in [4.78, 5) is 16.1. The highest BCUT2D eigenvalue weighted by molar-refractivity contribution is 6.09. The Hall–Kier alpha value is -1.57. The molecule has 2 aromatic rings.